The molecule has 1 saturated carbocycles. The van der Waals surface area contributed by atoms with E-state index in [4.69, 9.17) is 0 Å². The number of anilines is 1. The van der Waals surface area contributed by atoms with Crippen molar-refractivity contribution in [2.75, 3.05) is 5.32 Å². The van der Waals surface area contributed by atoms with Crippen molar-refractivity contribution in [2.45, 2.75) is 39.0 Å². The fraction of sp³-hybridized carbons (Fsp3) is 0.350. The van der Waals surface area contributed by atoms with E-state index in [9.17, 15) is 4.79 Å². The van der Waals surface area contributed by atoms with Gasteiger partial charge in [-0.1, -0.05) is 55.8 Å². The Hall–Kier alpha value is -2.09. The highest BCUT2D eigenvalue weighted by Crippen LogP contribution is 2.48. The van der Waals surface area contributed by atoms with Crippen molar-refractivity contribution in [1.82, 2.24) is 0 Å². The van der Waals surface area contributed by atoms with Crippen molar-refractivity contribution in [3.8, 4) is 0 Å². The number of amides is 1. The zero-order valence-corrected chi connectivity index (χ0v) is 13.5. The molecule has 2 unspecified atom stereocenters. The Morgan fingerprint density at radius 1 is 1.05 bits per heavy atom. The first-order valence-electron chi connectivity index (χ1n) is 8.02. The molecule has 0 bridgehead atoms. The minimum Gasteiger partial charge on any atom is -0.326 e. The molecular formula is C20H23NO. The summed E-state index contributed by atoms with van der Waals surface area (Å²) in [5.74, 6) is 1.19. The largest absolute Gasteiger partial charge is 0.326 e. The summed E-state index contributed by atoms with van der Waals surface area (Å²) in [5.41, 5.74) is 4.72. The van der Waals surface area contributed by atoms with Gasteiger partial charge >= 0.3 is 0 Å². The van der Waals surface area contributed by atoms with Crippen molar-refractivity contribution < 1.29 is 4.79 Å². The van der Waals surface area contributed by atoms with E-state index in [1.54, 1.807) is 0 Å². The van der Waals surface area contributed by atoms with Crippen LogP contribution in [0.2, 0.25) is 0 Å². The molecule has 2 aromatic rings. The SMILES string of the molecule is Cc1ccc(NC(=O)C2CC2c2ccc(C(C)C)cc2)cc1. The van der Waals surface area contributed by atoms with E-state index in [1.165, 1.54) is 16.7 Å². The molecule has 1 aliphatic carbocycles. The number of benzene rings is 2. The van der Waals surface area contributed by atoms with Gasteiger partial charge in [-0.15, -0.1) is 0 Å². The van der Waals surface area contributed by atoms with Crippen molar-refractivity contribution in [1.29, 1.82) is 0 Å². The topological polar surface area (TPSA) is 29.1 Å². The summed E-state index contributed by atoms with van der Waals surface area (Å²) in [5, 5.41) is 3.02. The lowest BCUT2D eigenvalue weighted by Gasteiger charge is -2.07. The summed E-state index contributed by atoms with van der Waals surface area (Å²) in [4.78, 5) is 12.3. The Balaban J connectivity index is 1.61. The predicted octanol–water partition coefficient (Wildman–Crippen LogP) is 4.86. The molecule has 1 aliphatic rings. The highest BCUT2D eigenvalue weighted by Gasteiger charge is 2.43. The fourth-order valence-electron chi connectivity index (χ4n) is 2.85. The molecule has 0 saturated heterocycles. The van der Waals surface area contributed by atoms with Crippen LogP contribution in [0.15, 0.2) is 48.5 Å². The molecule has 1 N–H and O–H groups in total. The Labute approximate surface area is 132 Å². The lowest BCUT2D eigenvalue weighted by atomic mass is 10.00. The Bertz CT molecular complexity index is 655. The van der Waals surface area contributed by atoms with Gasteiger partial charge in [0.15, 0.2) is 0 Å². The average molecular weight is 293 g/mol. The second-order valence-corrected chi connectivity index (χ2v) is 6.63. The normalized spacial score (nSPS) is 20.0. The van der Waals surface area contributed by atoms with Gasteiger partial charge in [0.2, 0.25) is 5.91 Å². The number of hydrogen-bond donors (Lipinski definition) is 1. The van der Waals surface area contributed by atoms with Gasteiger partial charge in [-0.05, 0) is 48.4 Å². The van der Waals surface area contributed by atoms with Gasteiger partial charge in [0.25, 0.3) is 0 Å². The molecule has 114 valence electrons. The number of carbonyl (C=O) groups is 1. The van der Waals surface area contributed by atoms with Crippen LogP contribution in [0.3, 0.4) is 0 Å². The van der Waals surface area contributed by atoms with Crippen molar-refractivity contribution >= 4 is 11.6 Å². The summed E-state index contributed by atoms with van der Waals surface area (Å²) >= 11 is 0. The first-order valence-corrected chi connectivity index (χ1v) is 8.02. The van der Waals surface area contributed by atoms with Crippen molar-refractivity contribution in [3.05, 3.63) is 65.2 Å². The minimum atomic E-state index is 0.117. The van der Waals surface area contributed by atoms with E-state index < -0.39 is 0 Å². The van der Waals surface area contributed by atoms with Gasteiger partial charge in [-0.2, -0.15) is 0 Å². The second kappa shape index (κ2) is 5.96. The van der Waals surface area contributed by atoms with Crippen LogP contribution in [-0.2, 0) is 4.79 Å². The lowest BCUT2D eigenvalue weighted by Crippen LogP contribution is -2.14. The molecule has 0 heterocycles. The zero-order chi connectivity index (χ0) is 15.7. The van der Waals surface area contributed by atoms with E-state index in [0.717, 1.165) is 12.1 Å². The molecule has 2 atom stereocenters. The van der Waals surface area contributed by atoms with Gasteiger partial charge in [0.1, 0.15) is 0 Å². The molecule has 0 aliphatic heterocycles. The van der Waals surface area contributed by atoms with Crippen molar-refractivity contribution in [2.24, 2.45) is 5.92 Å². The van der Waals surface area contributed by atoms with Crippen LogP contribution in [0.25, 0.3) is 0 Å². The smallest absolute Gasteiger partial charge is 0.228 e. The summed E-state index contributed by atoms with van der Waals surface area (Å²) in [6, 6.07) is 16.7. The third kappa shape index (κ3) is 3.22. The maximum Gasteiger partial charge on any atom is 0.228 e. The molecule has 3 rings (SSSR count). The van der Waals surface area contributed by atoms with Gasteiger partial charge in [0, 0.05) is 11.6 Å². The first kappa shape index (κ1) is 14.8. The zero-order valence-electron chi connectivity index (χ0n) is 13.5. The summed E-state index contributed by atoms with van der Waals surface area (Å²) in [6.45, 7) is 6.44. The fourth-order valence-corrected chi connectivity index (χ4v) is 2.85. The molecule has 1 amide bonds. The van der Waals surface area contributed by atoms with Gasteiger partial charge in [-0.25, -0.2) is 0 Å². The van der Waals surface area contributed by atoms with Crippen LogP contribution >= 0.6 is 0 Å². The third-order valence-electron chi connectivity index (χ3n) is 4.48. The van der Waals surface area contributed by atoms with Crippen LogP contribution in [0.4, 0.5) is 5.69 Å². The number of hydrogen-bond acceptors (Lipinski definition) is 1. The highest BCUT2D eigenvalue weighted by atomic mass is 16.2. The minimum absolute atomic E-state index is 0.117. The maximum absolute atomic E-state index is 12.3. The predicted molar refractivity (Wildman–Crippen MR) is 91.2 cm³/mol. The van der Waals surface area contributed by atoms with E-state index in [0.29, 0.717) is 11.8 Å². The van der Waals surface area contributed by atoms with Crippen LogP contribution in [0.1, 0.15) is 48.8 Å². The summed E-state index contributed by atoms with van der Waals surface area (Å²) in [6.07, 6.45) is 0.957. The molecule has 22 heavy (non-hydrogen) atoms. The van der Waals surface area contributed by atoms with Crippen LogP contribution in [-0.4, -0.2) is 5.91 Å². The molecule has 2 nitrogen and oxygen atoms in total. The Morgan fingerprint density at radius 3 is 2.27 bits per heavy atom. The number of nitrogens with one attached hydrogen (secondary N) is 1. The summed E-state index contributed by atoms with van der Waals surface area (Å²) in [7, 11) is 0. The van der Waals surface area contributed by atoms with Gasteiger partial charge in [-0.3, -0.25) is 4.79 Å². The molecule has 2 heteroatoms. The average Bonchev–Trinajstić information content (AvgIpc) is 3.30. The van der Waals surface area contributed by atoms with E-state index in [-0.39, 0.29) is 11.8 Å². The molecule has 0 aromatic heterocycles. The third-order valence-corrected chi connectivity index (χ3v) is 4.48. The van der Waals surface area contributed by atoms with E-state index >= 15 is 0 Å². The molecular weight excluding hydrogens is 270 g/mol. The number of carbonyl (C=O) groups excluding carboxylic acids is 1. The van der Waals surface area contributed by atoms with Crippen LogP contribution in [0, 0.1) is 12.8 Å². The maximum atomic E-state index is 12.3. The van der Waals surface area contributed by atoms with Crippen LogP contribution in [0.5, 0.6) is 0 Å². The lowest BCUT2D eigenvalue weighted by molar-refractivity contribution is -0.117. The Kier molecular flexibility index (Phi) is 4.02. The van der Waals surface area contributed by atoms with E-state index in [1.807, 2.05) is 31.2 Å². The van der Waals surface area contributed by atoms with Crippen molar-refractivity contribution in [3.63, 3.8) is 0 Å². The Morgan fingerprint density at radius 2 is 1.68 bits per heavy atom. The molecule has 1 fully saturated rings. The van der Waals surface area contributed by atoms with Crippen LogP contribution < -0.4 is 5.32 Å². The highest BCUT2D eigenvalue weighted by molar-refractivity contribution is 5.95. The summed E-state index contributed by atoms with van der Waals surface area (Å²) < 4.78 is 0. The second-order valence-electron chi connectivity index (χ2n) is 6.63. The van der Waals surface area contributed by atoms with Gasteiger partial charge < -0.3 is 5.32 Å². The molecule has 2 aromatic carbocycles. The van der Waals surface area contributed by atoms with Gasteiger partial charge in [0.05, 0.1) is 0 Å². The molecule has 0 radical (unpaired) electrons. The molecule has 0 spiro atoms. The standard InChI is InChI=1S/C20H23NO/c1-13(2)15-6-8-16(9-7-15)18-12-19(18)20(22)21-17-10-4-14(3)5-11-17/h4-11,13,18-19H,12H2,1-3H3,(H,21,22). The number of rotatable bonds is 4. The monoisotopic (exact) mass is 293 g/mol. The van der Waals surface area contributed by atoms with E-state index in [2.05, 4.69) is 43.4 Å². The first-order chi connectivity index (χ1) is 10.5. The number of aryl methyl sites for hydroxylation is 1. The quantitative estimate of drug-likeness (QED) is 0.857.